The van der Waals surface area contributed by atoms with E-state index in [4.69, 9.17) is 0 Å². The van der Waals surface area contributed by atoms with Crippen molar-refractivity contribution in [2.45, 2.75) is 32.6 Å². The van der Waals surface area contributed by atoms with E-state index in [0.717, 1.165) is 32.1 Å². The molecule has 0 amide bonds. The van der Waals surface area contributed by atoms with Gasteiger partial charge in [-0.2, -0.15) is 0 Å². The maximum atomic E-state index is 4.29. The van der Waals surface area contributed by atoms with Crippen LogP contribution in [0.3, 0.4) is 0 Å². The van der Waals surface area contributed by atoms with Crippen LogP contribution in [-0.2, 0) is 0 Å². The average molecular weight is 432 g/mol. The molecule has 0 aliphatic rings. The Morgan fingerprint density at radius 3 is 2.48 bits per heavy atom. The number of unbranched alkanes of at least 4 members (excludes halogenated alkanes) is 1. The van der Waals surface area contributed by atoms with E-state index in [-0.39, 0.29) is 24.0 Å². The molecule has 0 aromatic heterocycles. The molecule has 23 heavy (non-hydrogen) atoms. The van der Waals surface area contributed by atoms with Gasteiger partial charge in [-0.3, -0.25) is 4.99 Å². The molecule has 5 heteroatoms. The Bertz CT molecular complexity index is 422. The monoisotopic (exact) mass is 432 g/mol. The van der Waals surface area contributed by atoms with Crippen molar-refractivity contribution in [2.24, 2.45) is 4.99 Å². The van der Waals surface area contributed by atoms with E-state index in [1.54, 1.807) is 0 Å². The van der Waals surface area contributed by atoms with E-state index in [9.17, 15) is 0 Å². The van der Waals surface area contributed by atoms with Crippen molar-refractivity contribution in [3.63, 3.8) is 0 Å². The molecule has 2 N–H and O–H groups in total. The highest BCUT2D eigenvalue weighted by molar-refractivity contribution is 14.0. The van der Waals surface area contributed by atoms with Crippen molar-refractivity contribution in [1.82, 2.24) is 15.5 Å². The Hall–Kier alpha value is -0.820. The second kappa shape index (κ2) is 13.6. The first kappa shape index (κ1) is 22.2. The third-order valence-electron chi connectivity index (χ3n) is 3.85. The Labute approximate surface area is 159 Å². The van der Waals surface area contributed by atoms with Gasteiger partial charge in [-0.05, 0) is 31.5 Å². The standard InChI is InChI=1S/C18H32N4.HI/c1-5-6-13-22(4)14-12-20-18(19-3)21-15-16(2)17-10-8-7-9-11-17;/h7-11,16H,5-6,12-15H2,1-4H3,(H2,19,20,21);1H. The summed E-state index contributed by atoms with van der Waals surface area (Å²) in [7, 11) is 3.99. The van der Waals surface area contributed by atoms with Crippen molar-refractivity contribution < 1.29 is 0 Å². The van der Waals surface area contributed by atoms with Gasteiger partial charge in [-0.15, -0.1) is 24.0 Å². The topological polar surface area (TPSA) is 39.7 Å². The van der Waals surface area contributed by atoms with Crippen molar-refractivity contribution in [2.75, 3.05) is 40.3 Å². The fourth-order valence-corrected chi connectivity index (χ4v) is 2.27. The van der Waals surface area contributed by atoms with E-state index in [2.05, 4.69) is 71.8 Å². The van der Waals surface area contributed by atoms with Crippen molar-refractivity contribution >= 4 is 29.9 Å². The first-order chi connectivity index (χ1) is 10.7. The van der Waals surface area contributed by atoms with Gasteiger partial charge in [-0.1, -0.05) is 50.6 Å². The SMILES string of the molecule is CCCCN(C)CCNC(=NC)NCC(C)c1ccccc1.I. The third-order valence-corrected chi connectivity index (χ3v) is 3.85. The van der Waals surface area contributed by atoms with Crippen LogP contribution in [0.15, 0.2) is 35.3 Å². The minimum Gasteiger partial charge on any atom is -0.356 e. The fourth-order valence-electron chi connectivity index (χ4n) is 2.27. The lowest BCUT2D eigenvalue weighted by Crippen LogP contribution is -2.42. The quantitative estimate of drug-likeness (QED) is 0.357. The van der Waals surface area contributed by atoms with Gasteiger partial charge in [0.15, 0.2) is 5.96 Å². The maximum absolute atomic E-state index is 4.29. The van der Waals surface area contributed by atoms with Crippen LogP contribution < -0.4 is 10.6 Å². The molecule has 0 fully saturated rings. The van der Waals surface area contributed by atoms with E-state index in [1.807, 2.05) is 7.05 Å². The minimum atomic E-state index is 0. The van der Waals surface area contributed by atoms with Gasteiger partial charge in [0.1, 0.15) is 0 Å². The van der Waals surface area contributed by atoms with Crippen molar-refractivity contribution in [1.29, 1.82) is 0 Å². The van der Waals surface area contributed by atoms with E-state index in [1.165, 1.54) is 18.4 Å². The van der Waals surface area contributed by atoms with Crippen LogP contribution in [0.2, 0.25) is 0 Å². The molecule has 1 rings (SSSR count). The van der Waals surface area contributed by atoms with Crippen LogP contribution in [-0.4, -0.2) is 51.1 Å². The highest BCUT2D eigenvalue weighted by Gasteiger charge is 2.06. The second-order valence-electron chi connectivity index (χ2n) is 5.85. The Morgan fingerprint density at radius 2 is 1.87 bits per heavy atom. The third kappa shape index (κ3) is 9.81. The smallest absolute Gasteiger partial charge is 0.191 e. The molecule has 1 aromatic rings. The average Bonchev–Trinajstić information content (AvgIpc) is 2.56. The van der Waals surface area contributed by atoms with Gasteiger partial charge < -0.3 is 15.5 Å². The number of hydrogen-bond acceptors (Lipinski definition) is 2. The molecule has 4 nitrogen and oxygen atoms in total. The highest BCUT2D eigenvalue weighted by Crippen LogP contribution is 2.12. The van der Waals surface area contributed by atoms with Gasteiger partial charge in [0.2, 0.25) is 0 Å². The van der Waals surface area contributed by atoms with Crippen LogP contribution >= 0.6 is 24.0 Å². The first-order valence-corrected chi connectivity index (χ1v) is 8.35. The van der Waals surface area contributed by atoms with Crippen LogP contribution in [0.1, 0.15) is 38.2 Å². The number of likely N-dealkylation sites (N-methyl/N-ethyl adjacent to an activating group) is 1. The molecule has 1 unspecified atom stereocenters. The number of benzene rings is 1. The summed E-state index contributed by atoms with van der Waals surface area (Å²) >= 11 is 0. The predicted octanol–water partition coefficient (Wildman–Crippen LogP) is 3.31. The molecule has 1 atom stereocenters. The lowest BCUT2D eigenvalue weighted by molar-refractivity contribution is 0.332. The zero-order valence-corrected chi connectivity index (χ0v) is 17.3. The normalized spacial score (nSPS) is 12.7. The Morgan fingerprint density at radius 1 is 1.17 bits per heavy atom. The Kier molecular flexibility index (Phi) is 13.1. The molecule has 0 heterocycles. The molecular formula is C18H33IN4. The number of guanidine groups is 1. The van der Waals surface area contributed by atoms with Crippen LogP contribution in [0.5, 0.6) is 0 Å². The summed E-state index contributed by atoms with van der Waals surface area (Å²) in [5, 5.41) is 6.79. The summed E-state index contributed by atoms with van der Waals surface area (Å²) in [6, 6.07) is 10.6. The largest absolute Gasteiger partial charge is 0.356 e. The van der Waals surface area contributed by atoms with Crippen molar-refractivity contribution in [3.05, 3.63) is 35.9 Å². The summed E-state index contributed by atoms with van der Waals surface area (Å²) < 4.78 is 0. The van der Waals surface area contributed by atoms with Crippen molar-refractivity contribution in [3.8, 4) is 0 Å². The Balaban J connectivity index is 0.00000484. The number of rotatable bonds is 9. The molecule has 0 saturated heterocycles. The molecule has 0 saturated carbocycles. The first-order valence-electron chi connectivity index (χ1n) is 8.35. The zero-order valence-electron chi connectivity index (χ0n) is 15.0. The van der Waals surface area contributed by atoms with Crippen LogP contribution in [0.4, 0.5) is 0 Å². The number of aliphatic imine (C=N–C) groups is 1. The molecular weight excluding hydrogens is 399 g/mol. The van der Waals surface area contributed by atoms with Gasteiger partial charge in [0.25, 0.3) is 0 Å². The maximum Gasteiger partial charge on any atom is 0.191 e. The molecule has 0 spiro atoms. The van der Waals surface area contributed by atoms with E-state index >= 15 is 0 Å². The lowest BCUT2D eigenvalue weighted by Gasteiger charge is -2.19. The van der Waals surface area contributed by atoms with Crippen LogP contribution in [0, 0.1) is 0 Å². The molecule has 132 valence electrons. The predicted molar refractivity (Wildman–Crippen MR) is 112 cm³/mol. The molecule has 0 radical (unpaired) electrons. The number of hydrogen-bond donors (Lipinski definition) is 2. The van der Waals surface area contributed by atoms with Gasteiger partial charge in [0, 0.05) is 26.7 Å². The molecule has 0 aliphatic carbocycles. The second-order valence-corrected chi connectivity index (χ2v) is 5.85. The number of halogens is 1. The van der Waals surface area contributed by atoms with E-state index < -0.39 is 0 Å². The lowest BCUT2D eigenvalue weighted by atomic mass is 10.0. The van der Waals surface area contributed by atoms with Gasteiger partial charge in [0.05, 0.1) is 0 Å². The summed E-state index contributed by atoms with van der Waals surface area (Å²) in [5.41, 5.74) is 1.35. The van der Waals surface area contributed by atoms with Crippen LogP contribution in [0.25, 0.3) is 0 Å². The van der Waals surface area contributed by atoms with E-state index in [0.29, 0.717) is 5.92 Å². The summed E-state index contributed by atoms with van der Waals surface area (Å²) in [6.07, 6.45) is 2.51. The zero-order chi connectivity index (χ0) is 16.2. The number of nitrogens with zero attached hydrogens (tertiary/aromatic N) is 2. The van der Waals surface area contributed by atoms with Gasteiger partial charge >= 0.3 is 0 Å². The highest BCUT2D eigenvalue weighted by atomic mass is 127. The summed E-state index contributed by atoms with van der Waals surface area (Å²) in [4.78, 5) is 6.65. The molecule has 0 aliphatic heterocycles. The summed E-state index contributed by atoms with van der Waals surface area (Å²) in [5.74, 6) is 1.35. The van der Waals surface area contributed by atoms with Gasteiger partial charge in [-0.25, -0.2) is 0 Å². The minimum absolute atomic E-state index is 0. The number of nitrogens with one attached hydrogen (secondary N) is 2. The fraction of sp³-hybridized carbons (Fsp3) is 0.611. The summed E-state index contributed by atoms with van der Waals surface area (Å²) in [6.45, 7) is 8.46. The molecule has 0 bridgehead atoms. The molecule has 1 aromatic carbocycles.